The largest absolute Gasteiger partial charge is 0.481 e. The van der Waals surface area contributed by atoms with Crippen molar-refractivity contribution in [3.05, 3.63) is 11.6 Å². The summed E-state index contributed by atoms with van der Waals surface area (Å²) in [5.41, 5.74) is 1.62. The van der Waals surface area contributed by atoms with Gasteiger partial charge in [0, 0.05) is 6.42 Å². The van der Waals surface area contributed by atoms with Gasteiger partial charge in [0.25, 0.3) is 0 Å². The van der Waals surface area contributed by atoms with Crippen molar-refractivity contribution >= 4 is 5.97 Å². The van der Waals surface area contributed by atoms with E-state index in [4.69, 9.17) is 5.11 Å². The van der Waals surface area contributed by atoms with Gasteiger partial charge in [0.1, 0.15) is 0 Å². The number of rotatable bonds is 7. The van der Waals surface area contributed by atoms with Gasteiger partial charge in [-0.25, -0.2) is 0 Å². The van der Waals surface area contributed by atoms with Crippen LogP contribution in [0.5, 0.6) is 0 Å². The number of aliphatic hydroxyl groups is 1. The molecule has 2 saturated carbocycles. The number of allylic oxidation sites excluding steroid dienone is 1. The molecule has 3 aliphatic carbocycles. The Kier molecular flexibility index (Phi) is 6.59. The van der Waals surface area contributed by atoms with Crippen LogP contribution >= 0.6 is 0 Å². The zero-order chi connectivity index (χ0) is 21.4. The van der Waals surface area contributed by atoms with Crippen LogP contribution < -0.4 is 0 Å². The summed E-state index contributed by atoms with van der Waals surface area (Å²) in [6.07, 6.45) is 13.9. The molecule has 3 rings (SSSR count). The highest BCUT2D eigenvalue weighted by molar-refractivity contribution is 5.66. The molecule has 0 aliphatic heterocycles. The van der Waals surface area contributed by atoms with Crippen LogP contribution in [0.15, 0.2) is 11.6 Å². The minimum atomic E-state index is -0.660. The predicted molar refractivity (Wildman–Crippen MR) is 119 cm³/mol. The number of fused-ring (bicyclic) bond motifs is 3. The fourth-order valence-electron chi connectivity index (χ4n) is 7.58. The molecule has 166 valence electrons. The third-order valence-corrected chi connectivity index (χ3v) is 9.29. The Morgan fingerprint density at radius 1 is 1.21 bits per heavy atom. The minimum absolute atomic E-state index is 0.279. The van der Waals surface area contributed by atoms with Crippen LogP contribution in [-0.2, 0) is 4.79 Å². The van der Waals surface area contributed by atoms with Crippen molar-refractivity contribution in [2.24, 2.45) is 34.5 Å². The molecule has 0 bridgehead atoms. The second kappa shape index (κ2) is 8.36. The number of hydrogen-bond acceptors (Lipinski definition) is 2. The van der Waals surface area contributed by atoms with E-state index in [2.05, 4.69) is 33.8 Å². The zero-order valence-corrected chi connectivity index (χ0v) is 19.5. The molecule has 0 heterocycles. The first kappa shape index (κ1) is 22.8. The maximum Gasteiger partial charge on any atom is 0.303 e. The topological polar surface area (TPSA) is 57.5 Å². The molecule has 0 unspecified atom stereocenters. The van der Waals surface area contributed by atoms with Gasteiger partial charge in [0.2, 0.25) is 0 Å². The number of carbonyl (C=O) groups is 1. The van der Waals surface area contributed by atoms with Crippen molar-refractivity contribution in [1.82, 2.24) is 0 Å². The summed E-state index contributed by atoms with van der Waals surface area (Å²) in [5, 5.41) is 19.8. The third-order valence-electron chi connectivity index (χ3n) is 9.29. The Labute approximate surface area is 178 Å². The number of hydrogen-bond donors (Lipinski definition) is 2. The zero-order valence-electron chi connectivity index (χ0n) is 19.5. The molecule has 0 radical (unpaired) electrons. The van der Waals surface area contributed by atoms with Gasteiger partial charge in [0.05, 0.1) is 5.60 Å². The van der Waals surface area contributed by atoms with Gasteiger partial charge in [-0.05, 0) is 99.2 Å². The van der Waals surface area contributed by atoms with Crippen molar-refractivity contribution in [2.75, 3.05) is 0 Å². The summed E-state index contributed by atoms with van der Waals surface area (Å²) in [6.45, 7) is 11.6. The average Bonchev–Trinajstić information content (AvgIpc) is 2.64. The van der Waals surface area contributed by atoms with E-state index in [-0.39, 0.29) is 5.41 Å². The number of aliphatic carboxylic acids is 1. The highest BCUT2D eigenvalue weighted by Gasteiger charge is 2.53. The standard InChI is InChI=1S/C26H44O3/c1-6-7-21(18(2)8-11-23(27)28)24(3)13-12-22-19(16-24)9-10-20-17-25(4,29)14-15-26(20,22)5/h10,18-19,21-22,29H,6-9,11-17H2,1-5H3,(H,27,28)/t18-,19+,21-,22+,24+,25+,26+/m1/s1. The Balaban J connectivity index is 1.77. The second-order valence-corrected chi connectivity index (χ2v) is 11.6. The quantitative estimate of drug-likeness (QED) is 0.470. The summed E-state index contributed by atoms with van der Waals surface area (Å²) in [5.74, 6) is 1.94. The van der Waals surface area contributed by atoms with Gasteiger partial charge < -0.3 is 10.2 Å². The Morgan fingerprint density at radius 2 is 1.93 bits per heavy atom. The van der Waals surface area contributed by atoms with E-state index in [9.17, 15) is 9.90 Å². The fourth-order valence-corrected chi connectivity index (χ4v) is 7.58. The molecule has 0 saturated heterocycles. The molecule has 0 aromatic carbocycles. The number of carboxylic acid groups (broad SMARTS) is 1. The van der Waals surface area contributed by atoms with Crippen LogP contribution in [0.3, 0.4) is 0 Å². The monoisotopic (exact) mass is 404 g/mol. The normalized spacial score (nSPS) is 41.7. The van der Waals surface area contributed by atoms with Gasteiger partial charge >= 0.3 is 5.97 Å². The van der Waals surface area contributed by atoms with Crippen LogP contribution in [-0.4, -0.2) is 21.8 Å². The molecule has 0 spiro atoms. The highest BCUT2D eigenvalue weighted by atomic mass is 16.4. The summed E-state index contributed by atoms with van der Waals surface area (Å²) in [6, 6.07) is 0. The van der Waals surface area contributed by atoms with Crippen LogP contribution in [0.25, 0.3) is 0 Å². The molecule has 3 heteroatoms. The molecule has 0 aromatic rings. The molecule has 3 aliphatic rings. The van der Waals surface area contributed by atoms with Crippen LogP contribution in [0.2, 0.25) is 0 Å². The molecule has 3 nitrogen and oxygen atoms in total. The van der Waals surface area contributed by atoms with Crippen molar-refractivity contribution in [3.8, 4) is 0 Å². The molecule has 0 aromatic heterocycles. The van der Waals surface area contributed by atoms with Crippen LogP contribution in [0, 0.1) is 34.5 Å². The lowest BCUT2D eigenvalue weighted by molar-refractivity contribution is -0.137. The van der Waals surface area contributed by atoms with Crippen molar-refractivity contribution in [2.45, 2.75) is 111 Å². The van der Waals surface area contributed by atoms with E-state index in [0.29, 0.717) is 23.7 Å². The lowest BCUT2D eigenvalue weighted by Gasteiger charge is -2.58. The second-order valence-electron chi connectivity index (χ2n) is 11.6. The Bertz CT molecular complexity index is 636. The first-order valence-corrected chi connectivity index (χ1v) is 12.1. The molecule has 2 fully saturated rings. The van der Waals surface area contributed by atoms with E-state index in [1.165, 1.54) is 44.1 Å². The number of carboxylic acids is 1. The first-order valence-electron chi connectivity index (χ1n) is 12.1. The van der Waals surface area contributed by atoms with Crippen LogP contribution in [0.4, 0.5) is 0 Å². The van der Waals surface area contributed by atoms with Gasteiger partial charge in [-0.2, -0.15) is 0 Å². The molecule has 29 heavy (non-hydrogen) atoms. The first-order chi connectivity index (χ1) is 13.5. The third kappa shape index (κ3) is 4.60. The fraction of sp³-hybridized carbons (Fsp3) is 0.885. The SMILES string of the molecule is CCC[C@H]([C@H](C)CCC(=O)O)[C@@]1(C)CC[C@H]2[C@@H](CC=C3C[C@@](C)(O)CC[C@@]32C)C1. The van der Waals surface area contributed by atoms with E-state index in [1.54, 1.807) is 0 Å². The van der Waals surface area contributed by atoms with E-state index >= 15 is 0 Å². The smallest absolute Gasteiger partial charge is 0.303 e. The lowest BCUT2D eigenvalue weighted by atomic mass is 9.47. The molecule has 7 atom stereocenters. The highest BCUT2D eigenvalue weighted by Crippen LogP contribution is 2.62. The van der Waals surface area contributed by atoms with E-state index < -0.39 is 11.6 Å². The van der Waals surface area contributed by atoms with Crippen LogP contribution in [0.1, 0.15) is 105 Å². The molecular formula is C26H44O3. The predicted octanol–water partition coefficient (Wildman–Crippen LogP) is 6.60. The van der Waals surface area contributed by atoms with E-state index in [0.717, 1.165) is 37.5 Å². The van der Waals surface area contributed by atoms with Crippen molar-refractivity contribution in [1.29, 1.82) is 0 Å². The Morgan fingerprint density at radius 3 is 2.59 bits per heavy atom. The van der Waals surface area contributed by atoms with Gasteiger partial charge in [0.15, 0.2) is 0 Å². The summed E-state index contributed by atoms with van der Waals surface area (Å²) in [4.78, 5) is 11.1. The maximum atomic E-state index is 11.1. The summed E-state index contributed by atoms with van der Waals surface area (Å²) < 4.78 is 0. The van der Waals surface area contributed by atoms with Gasteiger partial charge in [-0.15, -0.1) is 0 Å². The van der Waals surface area contributed by atoms with Gasteiger partial charge in [-0.3, -0.25) is 4.79 Å². The lowest BCUT2D eigenvalue weighted by Crippen LogP contribution is -2.49. The summed E-state index contributed by atoms with van der Waals surface area (Å²) in [7, 11) is 0. The van der Waals surface area contributed by atoms with E-state index in [1.807, 2.05) is 6.92 Å². The molecule has 2 N–H and O–H groups in total. The Hall–Kier alpha value is -0.830. The minimum Gasteiger partial charge on any atom is -0.481 e. The molecular weight excluding hydrogens is 360 g/mol. The van der Waals surface area contributed by atoms with Crippen molar-refractivity contribution in [3.63, 3.8) is 0 Å². The average molecular weight is 405 g/mol. The summed E-state index contributed by atoms with van der Waals surface area (Å²) >= 11 is 0. The van der Waals surface area contributed by atoms with Crippen molar-refractivity contribution < 1.29 is 15.0 Å². The maximum absolute atomic E-state index is 11.1. The molecule has 0 amide bonds. The van der Waals surface area contributed by atoms with Gasteiger partial charge in [-0.1, -0.05) is 45.8 Å².